The first-order chi connectivity index (χ1) is 12.3. The number of anilines is 1. The first-order valence-electron chi connectivity index (χ1n) is 8.55. The summed E-state index contributed by atoms with van der Waals surface area (Å²) in [5, 5.41) is 5.61. The lowest BCUT2D eigenvalue weighted by atomic mass is 10.0. The topological polar surface area (TPSA) is 80.3 Å². The SMILES string of the molecule is CC(C)(C)OC(=O)N[C@H](CC(=O)Nc1ccncc1)Cc1ccccc1. The fourth-order valence-electron chi connectivity index (χ4n) is 2.42. The average molecular weight is 355 g/mol. The Morgan fingerprint density at radius 2 is 1.73 bits per heavy atom. The third kappa shape index (κ3) is 7.34. The van der Waals surface area contributed by atoms with Gasteiger partial charge in [-0.2, -0.15) is 0 Å². The third-order valence-corrected chi connectivity index (χ3v) is 3.44. The Kier molecular flexibility index (Phi) is 6.72. The van der Waals surface area contributed by atoms with E-state index < -0.39 is 11.7 Å². The molecule has 1 heterocycles. The molecule has 2 amide bonds. The van der Waals surface area contributed by atoms with E-state index in [-0.39, 0.29) is 18.4 Å². The average Bonchev–Trinajstić information content (AvgIpc) is 2.54. The molecule has 2 N–H and O–H groups in total. The van der Waals surface area contributed by atoms with E-state index in [0.717, 1.165) is 5.56 Å². The molecule has 2 rings (SSSR count). The highest BCUT2D eigenvalue weighted by atomic mass is 16.6. The van der Waals surface area contributed by atoms with E-state index in [9.17, 15) is 9.59 Å². The van der Waals surface area contributed by atoms with E-state index in [1.807, 2.05) is 30.3 Å². The maximum Gasteiger partial charge on any atom is 0.407 e. The smallest absolute Gasteiger partial charge is 0.407 e. The van der Waals surface area contributed by atoms with Gasteiger partial charge in [-0.3, -0.25) is 9.78 Å². The summed E-state index contributed by atoms with van der Waals surface area (Å²) >= 11 is 0. The van der Waals surface area contributed by atoms with Crippen molar-refractivity contribution < 1.29 is 14.3 Å². The van der Waals surface area contributed by atoms with Gasteiger partial charge in [0, 0.05) is 30.5 Å². The number of nitrogens with zero attached hydrogens (tertiary/aromatic N) is 1. The number of alkyl carbamates (subject to hydrolysis) is 1. The Morgan fingerprint density at radius 1 is 1.08 bits per heavy atom. The minimum absolute atomic E-state index is 0.135. The lowest BCUT2D eigenvalue weighted by molar-refractivity contribution is -0.116. The molecule has 0 aliphatic carbocycles. The number of pyridine rings is 1. The summed E-state index contributed by atoms with van der Waals surface area (Å²) in [7, 11) is 0. The molecular weight excluding hydrogens is 330 g/mol. The third-order valence-electron chi connectivity index (χ3n) is 3.44. The molecular formula is C20H25N3O3. The Hall–Kier alpha value is -2.89. The highest BCUT2D eigenvalue weighted by Crippen LogP contribution is 2.11. The van der Waals surface area contributed by atoms with E-state index >= 15 is 0 Å². The van der Waals surface area contributed by atoms with Crippen LogP contribution in [0.1, 0.15) is 32.8 Å². The summed E-state index contributed by atoms with van der Waals surface area (Å²) in [6.45, 7) is 5.40. The van der Waals surface area contributed by atoms with Crippen LogP contribution in [0.3, 0.4) is 0 Å². The molecule has 1 aromatic carbocycles. The monoisotopic (exact) mass is 355 g/mol. The van der Waals surface area contributed by atoms with Crippen LogP contribution in [0, 0.1) is 0 Å². The molecule has 0 bridgehead atoms. The number of carbonyl (C=O) groups is 2. The zero-order valence-electron chi connectivity index (χ0n) is 15.4. The predicted molar refractivity (Wildman–Crippen MR) is 101 cm³/mol. The number of rotatable bonds is 6. The van der Waals surface area contributed by atoms with Crippen LogP contribution >= 0.6 is 0 Å². The predicted octanol–water partition coefficient (Wildman–Crippen LogP) is 3.55. The second-order valence-corrected chi connectivity index (χ2v) is 7.02. The van der Waals surface area contributed by atoms with Crippen molar-refractivity contribution in [3.8, 4) is 0 Å². The number of hydrogen-bond donors (Lipinski definition) is 2. The van der Waals surface area contributed by atoms with Crippen LogP contribution in [0.2, 0.25) is 0 Å². The highest BCUT2D eigenvalue weighted by Gasteiger charge is 2.21. The Morgan fingerprint density at radius 3 is 2.35 bits per heavy atom. The van der Waals surface area contributed by atoms with Crippen molar-refractivity contribution >= 4 is 17.7 Å². The molecule has 2 aromatic rings. The van der Waals surface area contributed by atoms with Crippen LogP contribution in [-0.4, -0.2) is 28.6 Å². The molecule has 1 aromatic heterocycles. The molecule has 0 unspecified atom stereocenters. The van der Waals surface area contributed by atoms with Gasteiger partial charge in [0.15, 0.2) is 0 Å². The van der Waals surface area contributed by atoms with Crippen LogP contribution < -0.4 is 10.6 Å². The summed E-state index contributed by atoms with van der Waals surface area (Å²) in [5.74, 6) is -0.187. The summed E-state index contributed by atoms with van der Waals surface area (Å²) in [4.78, 5) is 28.4. The molecule has 0 spiro atoms. The molecule has 6 heteroatoms. The van der Waals surface area contributed by atoms with Gasteiger partial charge in [-0.15, -0.1) is 0 Å². The van der Waals surface area contributed by atoms with Crippen LogP contribution in [0.4, 0.5) is 10.5 Å². The summed E-state index contributed by atoms with van der Waals surface area (Å²) < 4.78 is 5.32. The van der Waals surface area contributed by atoms with Crippen LogP contribution in [0.5, 0.6) is 0 Å². The Balaban J connectivity index is 2.01. The minimum Gasteiger partial charge on any atom is -0.444 e. The van der Waals surface area contributed by atoms with E-state index in [1.165, 1.54) is 0 Å². The molecule has 6 nitrogen and oxygen atoms in total. The fourth-order valence-corrected chi connectivity index (χ4v) is 2.42. The van der Waals surface area contributed by atoms with Crippen molar-refractivity contribution in [2.24, 2.45) is 0 Å². The van der Waals surface area contributed by atoms with E-state index in [1.54, 1.807) is 45.3 Å². The van der Waals surface area contributed by atoms with Crippen molar-refractivity contribution in [1.29, 1.82) is 0 Å². The van der Waals surface area contributed by atoms with Crippen molar-refractivity contribution in [2.45, 2.75) is 45.3 Å². The molecule has 0 aliphatic heterocycles. The zero-order chi connectivity index (χ0) is 19.0. The molecule has 1 atom stereocenters. The summed E-state index contributed by atoms with van der Waals surface area (Å²) in [6, 6.07) is 12.8. The van der Waals surface area contributed by atoms with Crippen molar-refractivity contribution in [3.05, 3.63) is 60.4 Å². The number of hydrogen-bond acceptors (Lipinski definition) is 4. The van der Waals surface area contributed by atoms with Gasteiger partial charge in [0.05, 0.1) is 0 Å². The number of nitrogens with one attached hydrogen (secondary N) is 2. The highest BCUT2D eigenvalue weighted by molar-refractivity contribution is 5.91. The quantitative estimate of drug-likeness (QED) is 0.830. The molecule has 0 saturated heterocycles. The lowest BCUT2D eigenvalue weighted by Crippen LogP contribution is -2.42. The van der Waals surface area contributed by atoms with Gasteiger partial charge in [-0.25, -0.2) is 4.79 Å². The molecule has 0 fully saturated rings. The van der Waals surface area contributed by atoms with E-state index in [0.29, 0.717) is 12.1 Å². The fraction of sp³-hybridized carbons (Fsp3) is 0.350. The molecule has 138 valence electrons. The van der Waals surface area contributed by atoms with Gasteiger partial charge < -0.3 is 15.4 Å². The second kappa shape index (κ2) is 8.99. The zero-order valence-corrected chi connectivity index (χ0v) is 15.4. The number of carbonyl (C=O) groups excluding carboxylic acids is 2. The van der Waals surface area contributed by atoms with Gasteiger partial charge >= 0.3 is 6.09 Å². The largest absolute Gasteiger partial charge is 0.444 e. The van der Waals surface area contributed by atoms with Crippen LogP contribution in [-0.2, 0) is 16.0 Å². The molecule has 0 radical (unpaired) electrons. The first kappa shape index (κ1) is 19.4. The van der Waals surface area contributed by atoms with Gasteiger partial charge in [0.2, 0.25) is 5.91 Å². The molecule has 0 aliphatic rings. The standard InChI is InChI=1S/C20H25N3O3/c1-20(2,3)26-19(25)23-17(13-15-7-5-4-6-8-15)14-18(24)22-16-9-11-21-12-10-16/h4-12,17H,13-14H2,1-3H3,(H,23,25)(H,21,22,24)/t17-/m0/s1. The first-order valence-corrected chi connectivity index (χ1v) is 8.55. The van der Waals surface area contributed by atoms with Gasteiger partial charge in [-0.1, -0.05) is 30.3 Å². The number of amides is 2. The molecule has 26 heavy (non-hydrogen) atoms. The van der Waals surface area contributed by atoms with Gasteiger partial charge in [-0.05, 0) is 44.9 Å². The Bertz CT molecular complexity index is 712. The summed E-state index contributed by atoms with van der Waals surface area (Å²) in [5.41, 5.74) is 1.10. The van der Waals surface area contributed by atoms with E-state index in [4.69, 9.17) is 4.74 Å². The maximum absolute atomic E-state index is 12.4. The lowest BCUT2D eigenvalue weighted by Gasteiger charge is -2.23. The van der Waals surface area contributed by atoms with Crippen LogP contribution in [0.25, 0.3) is 0 Å². The van der Waals surface area contributed by atoms with Gasteiger partial charge in [0.25, 0.3) is 0 Å². The second-order valence-electron chi connectivity index (χ2n) is 7.02. The number of benzene rings is 1. The van der Waals surface area contributed by atoms with Crippen molar-refractivity contribution in [2.75, 3.05) is 5.32 Å². The van der Waals surface area contributed by atoms with Crippen molar-refractivity contribution in [1.82, 2.24) is 10.3 Å². The number of ether oxygens (including phenoxy) is 1. The van der Waals surface area contributed by atoms with E-state index in [2.05, 4.69) is 15.6 Å². The Labute approximate surface area is 154 Å². The molecule has 0 saturated carbocycles. The maximum atomic E-state index is 12.4. The van der Waals surface area contributed by atoms with Crippen LogP contribution in [0.15, 0.2) is 54.9 Å². The summed E-state index contributed by atoms with van der Waals surface area (Å²) in [6.07, 6.45) is 3.35. The minimum atomic E-state index is -0.597. The van der Waals surface area contributed by atoms with Crippen molar-refractivity contribution in [3.63, 3.8) is 0 Å². The van der Waals surface area contributed by atoms with Gasteiger partial charge in [0.1, 0.15) is 5.60 Å². The number of aromatic nitrogens is 1. The normalized spacial score (nSPS) is 12.1.